The van der Waals surface area contributed by atoms with Crippen LogP contribution in [0.3, 0.4) is 0 Å². The monoisotopic (exact) mass is 325 g/mol. The van der Waals surface area contributed by atoms with Gasteiger partial charge in [-0.3, -0.25) is 14.9 Å². The summed E-state index contributed by atoms with van der Waals surface area (Å²) in [5, 5.41) is 0. The van der Waals surface area contributed by atoms with Crippen molar-refractivity contribution in [2.24, 2.45) is 0 Å². The predicted octanol–water partition coefficient (Wildman–Crippen LogP) is 2.43. The number of pyridine rings is 2. The molecule has 2 fully saturated rings. The van der Waals surface area contributed by atoms with E-state index in [4.69, 9.17) is 9.47 Å². The molecule has 2 aromatic rings. The fraction of sp³-hybridized carbons (Fsp3) is 0.474. The van der Waals surface area contributed by atoms with E-state index in [2.05, 4.69) is 20.9 Å². The Morgan fingerprint density at radius 1 is 1.08 bits per heavy atom. The van der Waals surface area contributed by atoms with Crippen molar-refractivity contribution in [2.45, 2.75) is 37.7 Å². The summed E-state index contributed by atoms with van der Waals surface area (Å²) in [5.41, 5.74) is 2.08. The van der Waals surface area contributed by atoms with Crippen LogP contribution in [0.5, 0.6) is 0 Å². The second kappa shape index (κ2) is 6.97. The number of aromatic nitrogens is 2. The normalized spacial score (nSPS) is 23.1. The Morgan fingerprint density at radius 2 is 1.83 bits per heavy atom. The number of ether oxygens (including phenoxy) is 2. The van der Waals surface area contributed by atoms with Crippen LogP contribution in [0.1, 0.15) is 24.2 Å². The van der Waals surface area contributed by atoms with Gasteiger partial charge in [0.05, 0.1) is 29.7 Å². The highest BCUT2D eigenvalue weighted by molar-refractivity contribution is 5.08. The first kappa shape index (κ1) is 15.7. The van der Waals surface area contributed by atoms with Crippen molar-refractivity contribution in [3.8, 4) is 0 Å². The molecule has 4 rings (SSSR count). The highest BCUT2D eigenvalue weighted by Gasteiger charge is 2.47. The molecule has 0 N–H and O–H groups in total. The molecule has 2 aliphatic rings. The average molecular weight is 325 g/mol. The maximum absolute atomic E-state index is 6.09. The molecule has 2 saturated heterocycles. The third kappa shape index (κ3) is 3.64. The fourth-order valence-corrected chi connectivity index (χ4v) is 3.63. The van der Waals surface area contributed by atoms with Crippen molar-refractivity contribution in [1.29, 1.82) is 0 Å². The largest absolute Gasteiger partial charge is 0.372 e. The van der Waals surface area contributed by atoms with E-state index in [0.29, 0.717) is 6.61 Å². The van der Waals surface area contributed by atoms with E-state index in [-0.39, 0.29) is 11.7 Å². The maximum Gasteiger partial charge on any atom is 0.0959 e. The molecule has 0 radical (unpaired) electrons. The number of nitrogens with zero attached hydrogens (tertiary/aromatic N) is 3. The smallest absolute Gasteiger partial charge is 0.0959 e. The standard InChI is InChI=1S/C19H23N3O2/c1-3-8-20-16(5-1)12-22-14-19(15-22)11-18(7-10-24-19)23-13-17-6-2-4-9-21-17/h1-6,8-9,18H,7,10-15H2/t18-/m0/s1. The zero-order valence-corrected chi connectivity index (χ0v) is 13.8. The number of hydrogen-bond donors (Lipinski definition) is 0. The molecule has 1 atom stereocenters. The van der Waals surface area contributed by atoms with Gasteiger partial charge in [-0.15, -0.1) is 0 Å². The van der Waals surface area contributed by atoms with Gasteiger partial charge in [0.2, 0.25) is 0 Å². The van der Waals surface area contributed by atoms with Crippen molar-refractivity contribution < 1.29 is 9.47 Å². The van der Waals surface area contributed by atoms with Crippen LogP contribution in [-0.2, 0) is 22.6 Å². The lowest BCUT2D eigenvalue weighted by atomic mass is 9.84. The summed E-state index contributed by atoms with van der Waals surface area (Å²) in [4.78, 5) is 11.1. The van der Waals surface area contributed by atoms with Gasteiger partial charge in [0.25, 0.3) is 0 Å². The van der Waals surface area contributed by atoms with E-state index in [1.807, 2.05) is 42.7 Å². The molecule has 1 spiro atoms. The van der Waals surface area contributed by atoms with Crippen molar-refractivity contribution in [1.82, 2.24) is 14.9 Å². The summed E-state index contributed by atoms with van der Waals surface area (Å²) < 4.78 is 12.2. The van der Waals surface area contributed by atoms with E-state index in [1.54, 1.807) is 0 Å². The molecule has 0 amide bonds. The average Bonchev–Trinajstić information content (AvgIpc) is 2.61. The highest BCUT2D eigenvalue weighted by Crippen LogP contribution is 2.36. The summed E-state index contributed by atoms with van der Waals surface area (Å²) >= 11 is 0. The summed E-state index contributed by atoms with van der Waals surface area (Å²) in [5.74, 6) is 0. The molecule has 0 bridgehead atoms. The van der Waals surface area contributed by atoms with Crippen LogP contribution in [0.2, 0.25) is 0 Å². The highest BCUT2D eigenvalue weighted by atomic mass is 16.5. The first-order valence-corrected chi connectivity index (χ1v) is 8.59. The third-order valence-corrected chi connectivity index (χ3v) is 4.78. The molecule has 2 aromatic heterocycles. The van der Waals surface area contributed by atoms with Gasteiger partial charge in [-0.2, -0.15) is 0 Å². The predicted molar refractivity (Wildman–Crippen MR) is 90.2 cm³/mol. The number of likely N-dealkylation sites (tertiary alicyclic amines) is 1. The topological polar surface area (TPSA) is 47.5 Å². The van der Waals surface area contributed by atoms with Crippen molar-refractivity contribution in [2.75, 3.05) is 19.7 Å². The first-order chi connectivity index (χ1) is 11.8. The minimum absolute atomic E-state index is 0.0260. The summed E-state index contributed by atoms with van der Waals surface area (Å²) in [6, 6.07) is 12.0. The van der Waals surface area contributed by atoms with Gasteiger partial charge in [0.1, 0.15) is 0 Å². The summed E-state index contributed by atoms with van der Waals surface area (Å²) in [7, 11) is 0. The molecule has 126 valence electrons. The van der Waals surface area contributed by atoms with Crippen LogP contribution < -0.4 is 0 Å². The fourth-order valence-electron chi connectivity index (χ4n) is 3.63. The first-order valence-electron chi connectivity index (χ1n) is 8.59. The molecule has 5 heteroatoms. The van der Waals surface area contributed by atoms with Crippen molar-refractivity contribution >= 4 is 0 Å². The van der Waals surface area contributed by atoms with E-state index < -0.39 is 0 Å². The lowest BCUT2D eigenvalue weighted by Crippen LogP contribution is -2.65. The maximum atomic E-state index is 6.09. The van der Waals surface area contributed by atoms with Crippen LogP contribution >= 0.6 is 0 Å². The van der Waals surface area contributed by atoms with Gasteiger partial charge in [-0.05, 0) is 30.7 Å². The molecule has 0 unspecified atom stereocenters. The molecule has 2 aliphatic heterocycles. The van der Waals surface area contributed by atoms with Crippen LogP contribution in [0, 0.1) is 0 Å². The zero-order valence-electron chi connectivity index (χ0n) is 13.8. The molecule has 24 heavy (non-hydrogen) atoms. The van der Waals surface area contributed by atoms with Gasteiger partial charge >= 0.3 is 0 Å². The summed E-state index contributed by atoms with van der Waals surface area (Å²) in [6.07, 6.45) is 5.86. The SMILES string of the molecule is c1ccc(CO[C@H]2CCOC3(C2)CN(Cc2ccccn2)C3)nc1. The molecule has 5 nitrogen and oxygen atoms in total. The molecular formula is C19H23N3O2. The Labute approximate surface area is 142 Å². The van der Waals surface area contributed by atoms with Gasteiger partial charge in [-0.1, -0.05) is 12.1 Å². The minimum Gasteiger partial charge on any atom is -0.372 e. The molecule has 4 heterocycles. The van der Waals surface area contributed by atoms with Crippen LogP contribution in [0.4, 0.5) is 0 Å². The molecule has 0 aliphatic carbocycles. The van der Waals surface area contributed by atoms with E-state index >= 15 is 0 Å². The lowest BCUT2D eigenvalue weighted by molar-refractivity contribution is -0.200. The lowest BCUT2D eigenvalue weighted by Gasteiger charge is -2.53. The third-order valence-electron chi connectivity index (χ3n) is 4.78. The Hall–Kier alpha value is -1.82. The second-order valence-electron chi connectivity index (χ2n) is 6.74. The van der Waals surface area contributed by atoms with Gasteiger partial charge in [0, 0.05) is 45.1 Å². The summed E-state index contributed by atoms with van der Waals surface area (Å²) in [6.45, 7) is 4.19. The Balaban J connectivity index is 1.27. The van der Waals surface area contributed by atoms with Crippen LogP contribution in [0.15, 0.2) is 48.8 Å². The van der Waals surface area contributed by atoms with E-state index in [1.165, 1.54) is 0 Å². The van der Waals surface area contributed by atoms with Crippen molar-refractivity contribution in [3.63, 3.8) is 0 Å². The number of hydrogen-bond acceptors (Lipinski definition) is 5. The molecule has 0 saturated carbocycles. The molecule has 0 aromatic carbocycles. The zero-order chi connectivity index (χ0) is 16.2. The number of rotatable bonds is 5. The minimum atomic E-state index is -0.0260. The van der Waals surface area contributed by atoms with Gasteiger partial charge < -0.3 is 9.47 Å². The Bertz CT molecular complexity index is 644. The van der Waals surface area contributed by atoms with E-state index in [9.17, 15) is 0 Å². The van der Waals surface area contributed by atoms with Crippen LogP contribution in [0.25, 0.3) is 0 Å². The quantitative estimate of drug-likeness (QED) is 0.845. The van der Waals surface area contributed by atoms with Gasteiger partial charge in [-0.25, -0.2) is 0 Å². The Kier molecular flexibility index (Phi) is 4.56. The van der Waals surface area contributed by atoms with E-state index in [0.717, 1.165) is 50.5 Å². The van der Waals surface area contributed by atoms with Crippen molar-refractivity contribution in [3.05, 3.63) is 60.2 Å². The van der Waals surface area contributed by atoms with Crippen LogP contribution in [-0.4, -0.2) is 46.3 Å². The van der Waals surface area contributed by atoms with Gasteiger partial charge in [0.15, 0.2) is 0 Å². The second-order valence-corrected chi connectivity index (χ2v) is 6.74. The Morgan fingerprint density at radius 3 is 2.54 bits per heavy atom. The molecular weight excluding hydrogens is 302 g/mol.